The number of benzene rings is 1. The second-order valence-electron chi connectivity index (χ2n) is 4.84. The molecule has 2 aromatic rings. The predicted molar refractivity (Wildman–Crippen MR) is 94.0 cm³/mol. The fourth-order valence-corrected chi connectivity index (χ4v) is 3.39. The Morgan fingerprint density at radius 3 is 2.71 bits per heavy atom. The van der Waals surface area contributed by atoms with Gasteiger partial charge >= 0.3 is 0 Å². The third-order valence-electron chi connectivity index (χ3n) is 3.27. The first kappa shape index (κ1) is 18.0. The highest BCUT2D eigenvalue weighted by Gasteiger charge is 2.09. The highest BCUT2D eigenvalue weighted by molar-refractivity contribution is 7.07. The minimum atomic E-state index is -0.242. The van der Waals surface area contributed by atoms with Crippen LogP contribution < -0.4 is 14.8 Å². The van der Waals surface area contributed by atoms with E-state index in [-0.39, 0.29) is 11.1 Å². The molecule has 0 aliphatic rings. The van der Waals surface area contributed by atoms with Crippen molar-refractivity contribution in [3.05, 3.63) is 54.4 Å². The number of halogens is 1. The van der Waals surface area contributed by atoms with Crippen LogP contribution in [0.4, 0.5) is 0 Å². The van der Waals surface area contributed by atoms with Gasteiger partial charge in [0.2, 0.25) is 0 Å². The van der Waals surface area contributed by atoms with Crippen molar-refractivity contribution < 1.29 is 4.74 Å². The Morgan fingerprint density at radius 2 is 2.08 bits per heavy atom. The number of rotatable bonds is 5. The van der Waals surface area contributed by atoms with E-state index in [0.717, 1.165) is 11.3 Å². The number of hydrogen-bond donors (Lipinski definition) is 0. The van der Waals surface area contributed by atoms with Gasteiger partial charge in [-0.15, -0.1) is 11.3 Å². The predicted octanol–water partition coefficient (Wildman–Crippen LogP) is 1.63. The van der Waals surface area contributed by atoms with E-state index < -0.39 is 0 Å². The number of ether oxygens (including phenoxy) is 1. The fraction of sp³-hybridized carbons (Fsp3) is 0.235. The zero-order valence-electron chi connectivity index (χ0n) is 13.0. The molecule has 0 spiro atoms. The molecule has 122 valence electrons. The summed E-state index contributed by atoms with van der Waals surface area (Å²) in [6.07, 6.45) is 2.29. The van der Waals surface area contributed by atoms with Crippen LogP contribution >= 0.6 is 22.9 Å². The highest BCUT2D eigenvalue weighted by Crippen LogP contribution is 2.15. The first-order valence-corrected chi connectivity index (χ1v) is 8.31. The molecule has 0 unspecified atom stereocenters. The number of aromatic nitrogens is 1. The molecule has 1 aromatic carbocycles. The van der Waals surface area contributed by atoms with Crippen molar-refractivity contribution in [1.82, 2.24) is 4.57 Å². The number of hydrogen-bond acceptors (Lipinski definition) is 5. The van der Waals surface area contributed by atoms with Crippen LogP contribution in [-0.2, 0) is 11.3 Å². The van der Waals surface area contributed by atoms with Crippen molar-refractivity contribution in [3.63, 3.8) is 0 Å². The smallest absolute Gasteiger partial charge is 0.269 e. The van der Waals surface area contributed by atoms with Crippen LogP contribution in [0.2, 0.25) is 5.02 Å². The first-order valence-electron chi connectivity index (χ1n) is 7.11. The topological polar surface area (TPSA) is 78.8 Å². The van der Waals surface area contributed by atoms with Gasteiger partial charge < -0.3 is 4.74 Å². The summed E-state index contributed by atoms with van der Waals surface area (Å²) in [7, 11) is 1.58. The van der Waals surface area contributed by atoms with E-state index in [1.54, 1.807) is 31.4 Å². The van der Waals surface area contributed by atoms with Crippen LogP contribution in [0.3, 0.4) is 0 Å². The molecule has 0 saturated carbocycles. The Balaban J connectivity index is 2.69. The molecule has 7 heteroatoms. The molecule has 0 amide bonds. The van der Waals surface area contributed by atoms with E-state index in [4.69, 9.17) is 26.9 Å². The Labute approximate surface area is 147 Å². The molecule has 0 atom stereocenters. The summed E-state index contributed by atoms with van der Waals surface area (Å²) in [5.74, 6) is 0. The summed E-state index contributed by atoms with van der Waals surface area (Å²) >= 11 is 7.25. The summed E-state index contributed by atoms with van der Waals surface area (Å²) in [5.41, 5.74) is 0.394. The summed E-state index contributed by atoms with van der Waals surface area (Å²) in [6.45, 7) is 0.863. The Morgan fingerprint density at radius 1 is 1.38 bits per heavy atom. The monoisotopic (exact) mass is 359 g/mol. The lowest BCUT2D eigenvalue weighted by Crippen LogP contribution is -2.32. The summed E-state index contributed by atoms with van der Waals surface area (Å²) in [6, 6.07) is 10.9. The van der Waals surface area contributed by atoms with Crippen molar-refractivity contribution in [2.24, 2.45) is 0 Å². The molecule has 0 fully saturated rings. The minimum Gasteiger partial charge on any atom is -0.385 e. The second kappa shape index (κ2) is 8.47. The molecular weight excluding hydrogens is 346 g/mol. The average Bonchev–Trinajstić information content (AvgIpc) is 2.88. The molecule has 0 N–H and O–H groups in total. The third-order valence-corrected chi connectivity index (χ3v) is 4.74. The van der Waals surface area contributed by atoms with Gasteiger partial charge in [0.1, 0.15) is 16.8 Å². The molecule has 5 nitrogen and oxygen atoms in total. The zero-order valence-corrected chi connectivity index (χ0v) is 14.5. The van der Waals surface area contributed by atoms with Crippen LogP contribution in [0.5, 0.6) is 0 Å². The molecule has 24 heavy (non-hydrogen) atoms. The second-order valence-corrected chi connectivity index (χ2v) is 6.28. The molecule has 0 bridgehead atoms. The van der Waals surface area contributed by atoms with Crippen LogP contribution in [0.1, 0.15) is 12.0 Å². The van der Waals surface area contributed by atoms with E-state index in [9.17, 15) is 4.79 Å². The lowest BCUT2D eigenvalue weighted by Gasteiger charge is -2.01. The zero-order chi connectivity index (χ0) is 17.5. The van der Waals surface area contributed by atoms with E-state index in [0.29, 0.717) is 39.4 Å². The van der Waals surface area contributed by atoms with E-state index in [1.165, 1.54) is 4.57 Å². The van der Waals surface area contributed by atoms with Gasteiger partial charge in [0.15, 0.2) is 5.57 Å². The Bertz CT molecular complexity index is 977. The van der Waals surface area contributed by atoms with Crippen molar-refractivity contribution in [3.8, 4) is 12.1 Å². The van der Waals surface area contributed by atoms with Crippen LogP contribution in [0.15, 0.2) is 29.1 Å². The maximum absolute atomic E-state index is 12.7. The van der Waals surface area contributed by atoms with E-state index in [1.807, 2.05) is 18.2 Å². The molecule has 2 rings (SSSR count). The highest BCUT2D eigenvalue weighted by atomic mass is 35.5. The van der Waals surface area contributed by atoms with Crippen molar-refractivity contribution >= 4 is 34.6 Å². The van der Waals surface area contributed by atoms with E-state index >= 15 is 0 Å². The standard InChI is InChI=1S/C17H14ClN3O2S/c1-23-8-4-7-21-16(22)15(24-17(21)13(10-19)11-20)9-12-5-2-3-6-14(12)18/h2-3,5-6,9H,4,7-8H2,1H3. The summed E-state index contributed by atoms with van der Waals surface area (Å²) in [4.78, 5) is 12.7. The Hall–Kier alpha value is -2.38. The normalized spacial score (nSPS) is 11.1. The van der Waals surface area contributed by atoms with Gasteiger partial charge in [-0.05, 0) is 24.1 Å². The molecule has 0 saturated heterocycles. The SMILES string of the molecule is COCCCn1c(=C(C#N)C#N)sc(=Cc2ccccc2Cl)c1=O. The lowest BCUT2D eigenvalue weighted by molar-refractivity contribution is 0.190. The van der Waals surface area contributed by atoms with Crippen molar-refractivity contribution in [1.29, 1.82) is 10.5 Å². The first-order chi connectivity index (χ1) is 11.6. The summed E-state index contributed by atoms with van der Waals surface area (Å²) in [5, 5.41) is 18.8. The van der Waals surface area contributed by atoms with Crippen LogP contribution in [0.25, 0.3) is 11.6 Å². The van der Waals surface area contributed by atoms with Gasteiger partial charge in [-0.3, -0.25) is 9.36 Å². The maximum atomic E-state index is 12.7. The molecular formula is C17H14ClN3O2S. The van der Waals surface area contributed by atoms with Gasteiger partial charge in [-0.25, -0.2) is 0 Å². The Kier molecular flexibility index (Phi) is 6.34. The third kappa shape index (κ3) is 3.93. The van der Waals surface area contributed by atoms with Gasteiger partial charge in [0.25, 0.3) is 5.56 Å². The van der Waals surface area contributed by atoms with Crippen molar-refractivity contribution in [2.45, 2.75) is 13.0 Å². The number of thiazole rings is 1. The van der Waals surface area contributed by atoms with Crippen molar-refractivity contribution in [2.75, 3.05) is 13.7 Å². The van der Waals surface area contributed by atoms with Gasteiger partial charge in [0, 0.05) is 25.3 Å². The number of methoxy groups -OCH3 is 1. The fourth-order valence-electron chi connectivity index (χ4n) is 2.13. The largest absolute Gasteiger partial charge is 0.385 e. The molecule has 0 radical (unpaired) electrons. The number of nitriles is 2. The minimum absolute atomic E-state index is 0.0756. The lowest BCUT2D eigenvalue weighted by atomic mass is 10.2. The molecule has 0 aliphatic carbocycles. The van der Waals surface area contributed by atoms with E-state index in [2.05, 4.69) is 0 Å². The number of nitrogens with zero attached hydrogens (tertiary/aromatic N) is 3. The summed E-state index contributed by atoms with van der Waals surface area (Å²) < 4.78 is 7.24. The van der Waals surface area contributed by atoms with Crippen LogP contribution in [0, 0.1) is 22.7 Å². The molecule has 0 aliphatic heterocycles. The molecule has 1 aromatic heterocycles. The van der Waals surface area contributed by atoms with Crippen LogP contribution in [-0.4, -0.2) is 18.3 Å². The maximum Gasteiger partial charge on any atom is 0.269 e. The molecule has 1 heterocycles. The van der Waals surface area contributed by atoms with Gasteiger partial charge in [-0.1, -0.05) is 29.8 Å². The van der Waals surface area contributed by atoms with Gasteiger partial charge in [0.05, 0.1) is 4.53 Å². The quantitative estimate of drug-likeness (QED) is 0.760. The average molecular weight is 360 g/mol. The van der Waals surface area contributed by atoms with Gasteiger partial charge in [-0.2, -0.15) is 10.5 Å².